The number of nitrogens with zero attached hydrogens (tertiary/aromatic N) is 7. The van der Waals surface area contributed by atoms with Crippen molar-refractivity contribution in [3.8, 4) is 0 Å². The number of amides is 2. The first-order valence-electron chi connectivity index (χ1n) is 14.1. The molecule has 244 valence electrons. The number of piperazine rings is 2. The van der Waals surface area contributed by atoms with Crippen LogP contribution in [0.25, 0.3) is 5.78 Å². The molecule has 2 aromatic heterocycles. The average Bonchev–Trinajstić information content (AvgIpc) is 3.45. The van der Waals surface area contributed by atoms with Crippen molar-refractivity contribution < 1.29 is 31.2 Å². The van der Waals surface area contributed by atoms with E-state index >= 15 is 0 Å². The smallest absolute Gasteiger partial charge is 0.337 e. The Balaban J connectivity index is 1.55. The molecular formula is C26H31ClF3N9O5S. The Labute approximate surface area is 260 Å². The Bertz CT molecular complexity index is 1800. The third-order valence-electron chi connectivity index (χ3n) is 7.66. The number of nitrogens with one attached hydrogen (secondary N) is 2. The highest BCUT2D eigenvalue weighted by Crippen LogP contribution is 2.33. The summed E-state index contributed by atoms with van der Waals surface area (Å²) >= 11 is 6.05. The lowest BCUT2D eigenvalue weighted by atomic mass is 10.1. The third kappa shape index (κ3) is 6.78. The van der Waals surface area contributed by atoms with E-state index in [0.29, 0.717) is 32.2 Å². The summed E-state index contributed by atoms with van der Waals surface area (Å²) in [7, 11) is -3.41. The zero-order valence-electron chi connectivity index (χ0n) is 24.4. The van der Waals surface area contributed by atoms with E-state index in [1.165, 1.54) is 13.8 Å². The van der Waals surface area contributed by atoms with Crippen molar-refractivity contribution in [1.29, 1.82) is 0 Å². The largest absolute Gasteiger partial charge is 0.416 e. The number of anilines is 2. The van der Waals surface area contributed by atoms with Crippen LogP contribution in [0.5, 0.6) is 0 Å². The second kappa shape index (κ2) is 12.6. The van der Waals surface area contributed by atoms with Crippen molar-refractivity contribution in [2.24, 2.45) is 0 Å². The zero-order valence-corrected chi connectivity index (χ0v) is 26.0. The Kier molecular flexibility index (Phi) is 9.12. The lowest BCUT2D eigenvalue weighted by molar-refractivity contribution is -0.137. The van der Waals surface area contributed by atoms with Crippen molar-refractivity contribution >= 4 is 50.9 Å². The fourth-order valence-electron chi connectivity index (χ4n) is 5.34. The SMILES string of the molecule is CCc1c(C(=O)N2CCNCC2)c(=O)n2nc(N3CCN(S(C)(=O)=O)CC3)nc2n1CC(=O)Nc1ccc(C(F)(F)F)cc1Cl. The summed E-state index contributed by atoms with van der Waals surface area (Å²) in [4.78, 5) is 48.6. The van der Waals surface area contributed by atoms with Gasteiger partial charge in [-0.2, -0.15) is 27.0 Å². The van der Waals surface area contributed by atoms with E-state index in [-0.39, 0.29) is 66.3 Å². The van der Waals surface area contributed by atoms with Gasteiger partial charge >= 0.3 is 6.18 Å². The molecule has 19 heteroatoms. The quantitative estimate of drug-likeness (QED) is 0.372. The molecule has 5 rings (SSSR count). The summed E-state index contributed by atoms with van der Waals surface area (Å²) < 4.78 is 66.9. The monoisotopic (exact) mass is 673 g/mol. The van der Waals surface area contributed by atoms with Crippen LogP contribution in [0.2, 0.25) is 5.02 Å². The van der Waals surface area contributed by atoms with Crippen LogP contribution in [0, 0.1) is 0 Å². The first-order valence-corrected chi connectivity index (χ1v) is 16.3. The third-order valence-corrected chi connectivity index (χ3v) is 9.27. The fourth-order valence-corrected chi connectivity index (χ4v) is 6.40. The Hall–Kier alpha value is -3.74. The molecule has 14 nitrogen and oxygen atoms in total. The van der Waals surface area contributed by atoms with Gasteiger partial charge in [0.25, 0.3) is 11.5 Å². The van der Waals surface area contributed by atoms with E-state index in [2.05, 4.69) is 20.7 Å². The number of sulfonamides is 1. The molecule has 4 heterocycles. The number of fused-ring (bicyclic) bond motifs is 1. The molecule has 0 aliphatic carbocycles. The summed E-state index contributed by atoms with van der Waals surface area (Å²) in [6.07, 6.45) is -3.35. The maximum atomic E-state index is 13.8. The van der Waals surface area contributed by atoms with Gasteiger partial charge in [0.1, 0.15) is 12.1 Å². The van der Waals surface area contributed by atoms with Gasteiger partial charge in [0.2, 0.25) is 27.7 Å². The Morgan fingerprint density at radius 1 is 1.09 bits per heavy atom. The van der Waals surface area contributed by atoms with Gasteiger partial charge in [-0.15, -0.1) is 5.10 Å². The first kappa shape index (κ1) is 32.6. The number of rotatable bonds is 7. The topological polar surface area (TPSA) is 154 Å². The molecular weight excluding hydrogens is 643 g/mol. The summed E-state index contributed by atoms with van der Waals surface area (Å²) in [6, 6.07) is 2.52. The highest BCUT2D eigenvalue weighted by molar-refractivity contribution is 7.88. The molecule has 2 amide bonds. The molecule has 0 bridgehead atoms. The van der Waals surface area contributed by atoms with Gasteiger partial charge in [0.05, 0.1) is 22.5 Å². The minimum atomic E-state index is -4.63. The van der Waals surface area contributed by atoms with Gasteiger partial charge in [0, 0.05) is 58.1 Å². The highest BCUT2D eigenvalue weighted by atomic mass is 35.5. The fraction of sp³-hybridized carbons (Fsp3) is 0.500. The van der Waals surface area contributed by atoms with Crippen molar-refractivity contribution in [2.75, 3.05) is 68.8 Å². The van der Waals surface area contributed by atoms with Gasteiger partial charge < -0.3 is 25.0 Å². The van der Waals surface area contributed by atoms with E-state index in [0.717, 1.165) is 22.9 Å². The molecule has 1 aromatic carbocycles. The van der Waals surface area contributed by atoms with Crippen LogP contribution in [-0.4, -0.2) is 107 Å². The van der Waals surface area contributed by atoms with Crippen molar-refractivity contribution in [3.05, 3.63) is 50.4 Å². The lowest BCUT2D eigenvalue weighted by Crippen LogP contribution is -2.49. The number of carbonyl (C=O) groups excluding carboxylic acids is 2. The molecule has 0 saturated carbocycles. The maximum absolute atomic E-state index is 13.8. The summed E-state index contributed by atoms with van der Waals surface area (Å²) in [5.41, 5.74) is -1.71. The Morgan fingerprint density at radius 2 is 1.76 bits per heavy atom. The lowest BCUT2D eigenvalue weighted by Gasteiger charge is -2.32. The van der Waals surface area contributed by atoms with E-state index in [1.54, 1.807) is 11.8 Å². The molecule has 3 aromatic rings. The van der Waals surface area contributed by atoms with Gasteiger partial charge in [-0.1, -0.05) is 18.5 Å². The van der Waals surface area contributed by atoms with Gasteiger partial charge in [0.15, 0.2) is 0 Å². The number of halogens is 4. The van der Waals surface area contributed by atoms with Gasteiger partial charge in [-0.05, 0) is 24.6 Å². The van der Waals surface area contributed by atoms with Crippen LogP contribution in [0.15, 0.2) is 23.0 Å². The first-order chi connectivity index (χ1) is 21.2. The van der Waals surface area contributed by atoms with Crippen LogP contribution in [0.3, 0.4) is 0 Å². The molecule has 2 N–H and O–H groups in total. The van der Waals surface area contributed by atoms with Crippen LogP contribution >= 0.6 is 11.6 Å². The molecule has 2 fully saturated rings. The molecule has 2 aliphatic rings. The number of alkyl halides is 3. The predicted octanol–water partition coefficient (Wildman–Crippen LogP) is 0.891. The summed E-state index contributed by atoms with van der Waals surface area (Å²) in [6.45, 7) is 3.83. The van der Waals surface area contributed by atoms with E-state index in [1.807, 2.05) is 0 Å². The van der Waals surface area contributed by atoms with E-state index in [4.69, 9.17) is 11.6 Å². The average molecular weight is 674 g/mol. The number of benzene rings is 1. The van der Waals surface area contributed by atoms with Gasteiger partial charge in [-0.3, -0.25) is 14.4 Å². The molecule has 0 unspecified atom stereocenters. The number of hydrogen-bond acceptors (Lipinski definition) is 9. The summed E-state index contributed by atoms with van der Waals surface area (Å²) in [5, 5.41) is 9.69. The minimum Gasteiger partial charge on any atom is -0.337 e. The van der Waals surface area contributed by atoms with Crippen LogP contribution in [0.4, 0.5) is 24.8 Å². The van der Waals surface area contributed by atoms with Crippen LogP contribution < -0.4 is 21.1 Å². The van der Waals surface area contributed by atoms with Crippen molar-refractivity contribution in [3.63, 3.8) is 0 Å². The number of carbonyl (C=O) groups is 2. The molecule has 0 radical (unpaired) electrons. The maximum Gasteiger partial charge on any atom is 0.416 e. The van der Waals surface area contributed by atoms with E-state index in [9.17, 15) is 36.0 Å². The van der Waals surface area contributed by atoms with E-state index < -0.39 is 45.7 Å². The second-order valence-corrected chi connectivity index (χ2v) is 13.0. The standard InChI is InChI=1S/C26H31ClF3N9O5S/c1-3-19-21(22(41)35-8-6-31-7-9-35)23(42)39-25(33-24(34-39)36-10-12-37(13-11-36)45(2,43)44)38(19)15-20(40)32-18-5-4-16(14-17(18)27)26(28,29)30/h4-5,14,31H,3,6-13,15H2,1-2H3,(H,32,40). The Morgan fingerprint density at radius 3 is 2.33 bits per heavy atom. The van der Waals surface area contributed by atoms with Crippen molar-refractivity contribution in [2.45, 2.75) is 26.1 Å². The second-order valence-electron chi connectivity index (χ2n) is 10.6. The number of hydrogen-bond donors (Lipinski definition) is 2. The van der Waals surface area contributed by atoms with Crippen molar-refractivity contribution in [1.82, 2.24) is 33.7 Å². The normalized spacial score (nSPS) is 16.8. The highest BCUT2D eigenvalue weighted by Gasteiger charge is 2.32. The van der Waals surface area contributed by atoms with Crippen LogP contribution in [-0.2, 0) is 34.0 Å². The molecule has 0 spiro atoms. The number of aromatic nitrogens is 4. The zero-order chi connectivity index (χ0) is 32.7. The minimum absolute atomic E-state index is 0.0390. The molecule has 2 saturated heterocycles. The van der Waals surface area contributed by atoms with Gasteiger partial charge in [-0.25, -0.2) is 8.42 Å². The predicted molar refractivity (Wildman–Crippen MR) is 159 cm³/mol. The molecule has 2 aliphatic heterocycles. The molecule has 0 atom stereocenters. The summed E-state index contributed by atoms with van der Waals surface area (Å²) in [5.74, 6) is -1.17. The van der Waals surface area contributed by atoms with Crippen LogP contribution in [0.1, 0.15) is 28.5 Å². The molecule has 45 heavy (non-hydrogen) atoms.